The fourth-order valence-corrected chi connectivity index (χ4v) is 4.75. The van der Waals surface area contributed by atoms with Gasteiger partial charge in [-0.25, -0.2) is 9.36 Å². The lowest BCUT2D eigenvalue weighted by Gasteiger charge is -2.05. The van der Waals surface area contributed by atoms with E-state index < -0.39 is 11.2 Å². The number of aryl methyl sites for hydroxylation is 1. The van der Waals surface area contributed by atoms with Crippen molar-refractivity contribution in [1.82, 2.24) is 24.3 Å². The van der Waals surface area contributed by atoms with Crippen LogP contribution < -0.4 is 16.0 Å². The molecule has 4 aromatic heterocycles. The molecular formula is C20H14ClN5O3S. The second kappa shape index (κ2) is 6.82. The molecule has 8 nitrogen and oxygen atoms in total. The second-order valence-electron chi connectivity index (χ2n) is 6.63. The Morgan fingerprint density at radius 2 is 2.00 bits per heavy atom. The fourth-order valence-electron chi connectivity index (χ4n) is 3.40. The van der Waals surface area contributed by atoms with Crippen LogP contribution in [0.25, 0.3) is 37.2 Å². The van der Waals surface area contributed by atoms with E-state index in [0.717, 1.165) is 15.0 Å². The van der Waals surface area contributed by atoms with Gasteiger partial charge in [-0.2, -0.15) is 5.10 Å². The molecule has 0 unspecified atom stereocenters. The lowest BCUT2D eigenvalue weighted by molar-refractivity contribution is 0.415. The maximum absolute atomic E-state index is 13.3. The van der Waals surface area contributed by atoms with Crippen molar-refractivity contribution in [1.29, 1.82) is 0 Å². The molecule has 150 valence electrons. The zero-order valence-electron chi connectivity index (χ0n) is 15.8. The van der Waals surface area contributed by atoms with Crippen LogP contribution in [-0.2, 0) is 7.05 Å². The minimum absolute atomic E-state index is 0.378. The highest BCUT2D eigenvalue weighted by atomic mass is 35.5. The van der Waals surface area contributed by atoms with Gasteiger partial charge in [-0.05, 0) is 24.3 Å². The lowest BCUT2D eigenvalue weighted by Crippen LogP contribution is -2.33. The maximum atomic E-state index is 13.3. The van der Waals surface area contributed by atoms with Crippen molar-refractivity contribution in [2.45, 2.75) is 0 Å². The molecule has 0 spiro atoms. The molecule has 1 aromatic carbocycles. The SMILES string of the molecule is COc1ccc(Cl)c(-c2cc3[nH]c(=O)n(-c4cncc5c4cnn5C)c(=O)c3s2)c1. The van der Waals surface area contributed by atoms with Crippen LogP contribution in [0.1, 0.15) is 0 Å². The van der Waals surface area contributed by atoms with Gasteiger partial charge in [0.05, 0.1) is 42.4 Å². The molecular weight excluding hydrogens is 426 g/mol. The summed E-state index contributed by atoms with van der Waals surface area (Å²) in [5.74, 6) is 0.645. The summed E-state index contributed by atoms with van der Waals surface area (Å²) < 4.78 is 8.41. The van der Waals surface area contributed by atoms with Gasteiger partial charge in [-0.3, -0.25) is 14.5 Å². The molecule has 5 aromatic rings. The van der Waals surface area contributed by atoms with Crippen LogP contribution in [0.3, 0.4) is 0 Å². The van der Waals surface area contributed by atoms with Gasteiger partial charge in [-0.1, -0.05) is 11.6 Å². The number of ether oxygens (including phenoxy) is 1. The average Bonchev–Trinajstić information content (AvgIpc) is 3.33. The fraction of sp³-hybridized carbons (Fsp3) is 0.100. The molecule has 0 aliphatic rings. The third kappa shape index (κ3) is 2.74. The highest BCUT2D eigenvalue weighted by molar-refractivity contribution is 7.22. The van der Waals surface area contributed by atoms with Gasteiger partial charge in [-0.15, -0.1) is 11.3 Å². The van der Waals surface area contributed by atoms with Crippen LogP contribution in [0, 0.1) is 0 Å². The number of pyridine rings is 1. The van der Waals surface area contributed by atoms with Crippen molar-refractivity contribution in [3.05, 3.63) is 68.7 Å². The molecule has 10 heteroatoms. The predicted molar refractivity (Wildman–Crippen MR) is 117 cm³/mol. The molecule has 4 heterocycles. The van der Waals surface area contributed by atoms with Gasteiger partial charge >= 0.3 is 5.69 Å². The normalized spacial score (nSPS) is 11.4. The number of hydrogen-bond acceptors (Lipinski definition) is 6. The number of thiophene rings is 1. The van der Waals surface area contributed by atoms with Gasteiger partial charge < -0.3 is 9.72 Å². The first kappa shape index (κ1) is 18.6. The monoisotopic (exact) mass is 439 g/mol. The van der Waals surface area contributed by atoms with E-state index in [2.05, 4.69) is 15.1 Å². The van der Waals surface area contributed by atoms with Crippen LogP contribution in [-0.4, -0.2) is 31.4 Å². The average molecular weight is 440 g/mol. The minimum atomic E-state index is -0.549. The molecule has 0 fully saturated rings. The van der Waals surface area contributed by atoms with E-state index in [-0.39, 0.29) is 0 Å². The van der Waals surface area contributed by atoms with Crippen molar-refractivity contribution >= 4 is 44.1 Å². The molecule has 0 amide bonds. The van der Waals surface area contributed by atoms with Gasteiger partial charge in [0.1, 0.15) is 10.4 Å². The smallest absolute Gasteiger partial charge is 0.333 e. The van der Waals surface area contributed by atoms with E-state index in [0.29, 0.717) is 37.6 Å². The van der Waals surface area contributed by atoms with Gasteiger partial charge in [0.25, 0.3) is 5.56 Å². The second-order valence-corrected chi connectivity index (χ2v) is 8.09. The Bertz CT molecular complexity index is 1560. The number of nitrogens with zero attached hydrogens (tertiary/aromatic N) is 4. The highest BCUT2D eigenvalue weighted by Gasteiger charge is 2.18. The van der Waals surface area contributed by atoms with Crippen molar-refractivity contribution in [2.24, 2.45) is 7.05 Å². The van der Waals surface area contributed by atoms with E-state index in [1.54, 1.807) is 55.5 Å². The molecule has 0 saturated carbocycles. The quantitative estimate of drug-likeness (QED) is 0.465. The zero-order chi connectivity index (χ0) is 21.0. The summed E-state index contributed by atoms with van der Waals surface area (Å²) in [5.41, 5.74) is 1.29. The van der Waals surface area contributed by atoms with E-state index in [1.807, 2.05) is 0 Å². The van der Waals surface area contributed by atoms with Crippen LogP contribution in [0.4, 0.5) is 0 Å². The van der Waals surface area contributed by atoms with Crippen LogP contribution in [0.5, 0.6) is 5.75 Å². The number of halogens is 1. The number of rotatable bonds is 3. The van der Waals surface area contributed by atoms with E-state index in [9.17, 15) is 9.59 Å². The Morgan fingerprint density at radius 3 is 2.80 bits per heavy atom. The molecule has 1 N–H and O–H groups in total. The summed E-state index contributed by atoms with van der Waals surface area (Å²) in [7, 11) is 3.34. The standard InChI is InChI=1S/C20H14ClN5O3S/c1-25-15-8-22-9-16(12(15)7-23-25)26-19(27)18-14(24-20(26)28)6-17(30-18)11-5-10(29-2)3-4-13(11)21/h3-9H,1-2H3,(H,24,28). The number of hydrogen-bond donors (Lipinski definition) is 1. The summed E-state index contributed by atoms with van der Waals surface area (Å²) in [6, 6.07) is 7.03. The Kier molecular flexibility index (Phi) is 4.23. The third-order valence-electron chi connectivity index (χ3n) is 4.91. The Morgan fingerprint density at radius 1 is 1.17 bits per heavy atom. The number of benzene rings is 1. The van der Waals surface area contributed by atoms with E-state index in [1.165, 1.54) is 17.5 Å². The number of H-pyrrole nitrogens is 1. The number of fused-ring (bicyclic) bond motifs is 2. The highest BCUT2D eigenvalue weighted by Crippen LogP contribution is 2.37. The molecule has 0 bridgehead atoms. The maximum Gasteiger partial charge on any atom is 0.333 e. The minimum Gasteiger partial charge on any atom is -0.497 e. The van der Waals surface area contributed by atoms with Crippen molar-refractivity contribution in [2.75, 3.05) is 7.11 Å². The first-order chi connectivity index (χ1) is 14.5. The Hall–Kier alpha value is -3.43. The van der Waals surface area contributed by atoms with Crippen molar-refractivity contribution < 1.29 is 4.74 Å². The summed E-state index contributed by atoms with van der Waals surface area (Å²) in [6.45, 7) is 0. The molecule has 0 aliphatic carbocycles. The molecule has 0 atom stereocenters. The Balaban J connectivity index is 1.77. The topological polar surface area (TPSA) is 94.8 Å². The largest absolute Gasteiger partial charge is 0.497 e. The molecule has 30 heavy (non-hydrogen) atoms. The van der Waals surface area contributed by atoms with Crippen LogP contribution in [0.2, 0.25) is 5.02 Å². The van der Waals surface area contributed by atoms with Gasteiger partial charge in [0.15, 0.2) is 0 Å². The number of nitrogens with one attached hydrogen (secondary N) is 1. The number of aromatic nitrogens is 5. The van der Waals surface area contributed by atoms with E-state index >= 15 is 0 Å². The van der Waals surface area contributed by atoms with Crippen molar-refractivity contribution in [3.8, 4) is 21.9 Å². The molecule has 5 rings (SSSR count). The zero-order valence-corrected chi connectivity index (χ0v) is 17.4. The number of aromatic amines is 1. The van der Waals surface area contributed by atoms with Crippen LogP contribution in [0.15, 0.2) is 52.4 Å². The summed E-state index contributed by atoms with van der Waals surface area (Å²) in [4.78, 5) is 33.8. The Labute approximate surface area is 177 Å². The van der Waals surface area contributed by atoms with Crippen LogP contribution >= 0.6 is 22.9 Å². The number of methoxy groups -OCH3 is 1. The molecule has 0 saturated heterocycles. The summed E-state index contributed by atoms with van der Waals surface area (Å²) in [6.07, 6.45) is 4.73. The van der Waals surface area contributed by atoms with Gasteiger partial charge in [0.2, 0.25) is 0 Å². The molecule has 0 radical (unpaired) electrons. The summed E-state index contributed by atoms with van der Waals surface area (Å²) in [5, 5.41) is 5.38. The van der Waals surface area contributed by atoms with Crippen molar-refractivity contribution in [3.63, 3.8) is 0 Å². The first-order valence-electron chi connectivity index (χ1n) is 8.87. The predicted octanol–water partition coefficient (Wildman–Crippen LogP) is 3.35. The lowest BCUT2D eigenvalue weighted by atomic mass is 10.2. The third-order valence-corrected chi connectivity index (χ3v) is 6.39. The van der Waals surface area contributed by atoms with Gasteiger partial charge in [0, 0.05) is 27.9 Å². The summed E-state index contributed by atoms with van der Waals surface area (Å²) >= 11 is 7.61. The first-order valence-corrected chi connectivity index (χ1v) is 10.1. The van der Waals surface area contributed by atoms with E-state index in [4.69, 9.17) is 16.3 Å². The molecule has 0 aliphatic heterocycles.